The molecule has 1 aromatic carbocycles. The van der Waals surface area contributed by atoms with E-state index in [-0.39, 0.29) is 30.4 Å². The van der Waals surface area contributed by atoms with Crippen LogP contribution in [0.3, 0.4) is 0 Å². The Hall–Kier alpha value is -2.70. The first-order valence-electron chi connectivity index (χ1n) is 6.85. The number of rotatable bonds is 3. The second-order valence-corrected chi connectivity index (χ2v) is 5.10. The minimum atomic E-state index is -0.504. The van der Waals surface area contributed by atoms with Gasteiger partial charge in [-0.25, -0.2) is 4.39 Å². The minimum absolute atomic E-state index is 0.185. The van der Waals surface area contributed by atoms with Crippen LogP contribution in [0.2, 0.25) is 0 Å². The number of amides is 2. The zero-order valence-electron chi connectivity index (χ0n) is 11.9. The van der Waals surface area contributed by atoms with Crippen molar-refractivity contribution in [2.75, 3.05) is 16.8 Å². The molecule has 2 heterocycles. The summed E-state index contributed by atoms with van der Waals surface area (Å²) in [5, 5.41) is 6.17. The van der Waals surface area contributed by atoms with Gasteiger partial charge in [0.15, 0.2) is 5.82 Å². The van der Waals surface area contributed by atoms with Crippen molar-refractivity contribution in [3.63, 3.8) is 0 Å². The van der Waals surface area contributed by atoms with Gasteiger partial charge in [-0.1, -0.05) is 17.3 Å². The number of para-hydroxylation sites is 1. The van der Waals surface area contributed by atoms with Crippen LogP contribution < -0.4 is 10.2 Å². The molecule has 1 N–H and O–H groups in total. The Labute approximate surface area is 125 Å². The molecule has 0 saturated heterocycles. The van der Waals surface area contributed by atoms with Gasteiger partial charge in [-0.05, 0) is 25.0 Å². The van der Waals surface area contributed by atoms with E-state index in [1.807, 2.05) is 0 Å². The van der Waals surface area contributed by atoms with Gasteiger partial charge in [0.1, 0.15) is 18.1 Å². The quantitative estimate of drug-likeness (QED) is 0.941. The smallest absolute Gasteiger partial charge is 0.245 e. The number of carbonyl (C=O) groups is 2. The molecule has 6 nitrogen and oxygen atoms in total. The maximum absolute atomic E-state index is 14.0. The Morgan fingerprint density at radius 1 is 1.45 bits per heavy atom. The molecule has 22 heavy (non-hydrogen) atoms. The van der Waals surface area contributed by atoms with E-state index in [0.717, 1.165) is 5.56 Å². The van der Waals surface area contributed by atoms with E-state index in [1.54, 1.807) is 25.1 Å². The normalized spacial score (nSPS) is 13.9. The summed E-state index contributed by atoms with van der Waals surface area (Å²) < 4.78 is 18.9. The molecule has 0 bridgehead atoms. The number of hydrogen-bond donors (Lipinski definition) is 1. The number of aromatic nitrogens is 1. The van der Waals surface area contributed by atoms with Crippen molar-refractivity contribution in [1.29, 1.82) is 0 Å². The van der Waals surface area contributed by atoms with Crippen LogP contribution in [0.15, 0.2) is 28.8 Å². The number of anilines is 2. The van der Waals surface area contributed by atoms with Crippen molar-refractivity contribution in [2.45, 2.75) is 19.8 Å². The van der Waals surface area contributed by atoms with E-state index in [0.29, 0.717) is 12.2 Å². The molecular weight excluding hydrogens is 289 g/mol. The topological polar surface area (TPSA) is 75.4 Å². The maximum Gasteiger partial charge on any atom is 0.245 e. The Bertz CT molecular complexity index is 741. The highest BCUT2D eigenvalue weighted by Crippen LogP contribution is 2.30. The van der Waals surface area contributed by atoms with Crippen molar-refractivity contribution in [3.8, 4) is 0 Å². The van der Waals surface area contributed by atoms with Crippen LogP contribution in [0.1, 0.15) is 17.7 Å². The predicted octanol–water partition coefficient (Wildman–Crippen LogP) is 2.04. The van der Waals surface area contributed by atoms with Crippen molar-refractivity contribution in [2.24, 2.45) is 0 Å². The molecule has 2 aromatic rings. The Balaban J connectivity index is 1.80. The molecule has 1 aromatic heterocycles. The lowest BCUT2D eigenvalue weighted by Crippen LogP contribution is -2.41. The molecular formula is C15H14FN3O3. The van der Waals surface area contributed by atoms with Gasteiger partial charge >= 0.3 is 0 Å². The van der Waals surface area contributed by atoms with Gasteiger partial charge in [-0.2, -0.15) is 0 Å². The summed E-state index contributed by atoms with van der Waals surface area (Å²) in [5.41, 5.74) is 0.912. The summed E-state index contributed by atoms with van der Waals surface area (Å²) in [5.74, 6) is -0.418. The van der Waals surface area contributed by atoms with Gasteiger partial charge in [0.25, 0.3) is 0 Å². The first-order valence-corrected chi connectivity index (χ1v) is 6.85. The Morgan fingerprint density at radius 3 is 3.00 bits per heavy atom. The SMILES string of the molecule is Cc1cc(NC(=O)CN2C(=O)CCc3cccc(F)c32)no1. The van der Waals surface area contributed by atoms with Crippen LogP contribution >= 0.6 is 0 Å². The zero-order chi connectivity index (χ0) is 15.7. The summed E-state index contributed by atoms with van der Waals surface area (Å²) in [6, 6.07) is 6.20. The average Bonchev–Trinajstić information content (AvgIpc) is 2.87. The van der Waals surface area contributed by atoms with Crippen LogP contribution in [0, 0.1) is 12.7 Å². The second-order valence-electron chi connectivity index (χ2n) is 5.10. The van der Waals surface area contributed by atoms with Crippen LogP contribution in [0.5, 0.6) is 0 Å². The first kappa shape index (κ1) is 14.2. The third-order valence-electron chi connectivity index (χ3n) is 3.45. The molecule has 0 saturated carbocycles. The molecule has 0 aliphatic carbocycles. The van der Waals surface area contributed by atoms with E-state index in [2.05, 4.69) is 10.5 Å². The summed E-state index contributed by atoms with van der Waals surface area (Å²) in [4.78, 5) is 25.3. The molecule has 2 amide bonds. The molecule has 0 unspecified atom stereocenters. The summed E-state index contributed by atoms with van der Waals surface area (Å²) in [7, 11) is 0. The van der Waals surface area contributed by atoms with E-state index < -0.39 is 11.7 Å². The zero-order valence-corrected chi connectivity index (χ0v) is 11.9. The van der Waals surface area contributed by atoms with Gasteiger partial charge in [0.2, 0.25) is 11.8 Å². The highest BCUT2D eigenvalue weighted by atomic mass is 19.1. The largest absolute Gasteiger partial charge is 0.360 e. The van der Waals surface area contributed by atoms with E-state index in [9.17, 15) is 14.0 Å². The van der Waals surface area contributed by atoms with Gasteiger partial charge in [-0.3, -0.25) is 14.5 Å². The molecule has 0 spiro atoms. The van der Waals surface area contributed by atoms with Crippen molar-refractivity contribution in [3.05, 3.63) is 41.4 Å². The fraction of sp³-hybridized carbons (Fsp3) is 0.267. The maximum atomic E-state index is 14.0. The number of aryl methyl sites for hydroxylation is 2. The molecule has 1 aliphatic heterocycles. The summed E-state index contributed by atoms with van der Waals surface area (Å²) in [6.45, 7) is 1.43. The lowest BCUT2D eigenvalue weighted by Gasteiger charge is -2.29. The lowest BCUT2D eigenvalue weighted by atomic mass is 10.0. The van der Waals surface area contributed by atoms with E-state index in [4.69, 9.17) is 4.52 Å². The van der Waals surface area contributed by atoms with Crippen molar-refractivity contribution < 1.29 is 18.5 Å². The Morgan fingerprint density at radius 2 is 2.27 bits per heavy atom. The summed E-state index contributed by atoms with van der Waals surface area (Å²) in [6.07, 6.45) is 0.735. The van der Waals surface area contributed by atoms with E-state index >= 15 is 0 Å². The second kappa shape index (κ2) is 5.59. The Kier molecular flexibility index (Phi) is 3.62. The molecule has 1 aliphatic rings. The molecule has 3 rings (SSSR count). The fourth-order valence-corrected chi connectivity index (χ4v) is 2.48. The van der Waals surface area contributed by atoms with E-state index in [1.165, 1.54) is 11.0 Å². The first-order chi connectivity index (χ1) is 10.5. The number of hydrogen-bond acceptors (Lipinski definition) is 4. The predicted molar refractivity (Wildman–Crippen MR) is 76.9 cm³/mol. The van der Waals surface area contributed by atoms with Crippen molar-refractivity contribution in [1.82, 2.24) is 5.16 Å². The van der Waals surface area contributed by atoms with Crippen LogP contribution in [-0.2, 0) is 16.0 Å². The monoisotopic (exact) mass is 303 g/mol. The lowest BCUT2D eigenvalue weighted by molar-refractivity contribution is -0.121. The number of halogens is 1. The fourth-order valence-electron chi connectivity index (χ4n) is 2.48. The van der Waals surface area contributed by atoms with Gasteiger partial charge < -0.3 is 9.84 Å². The average molecular weight is 303 g/mol. The van der Waals surface area contributed by atoms with Gasteiger partial charge in [0, 0.05) is 12.5 Å². The van der Waals surface area contributed by atoms with Gasteiger partial charge in [0.05, 0.1) is 5.69 Å². The van der Waals surface area contributed by atoms with Crippen LogP contribution in [-0.4, -0.2) is 23.5 Å². The van der Waals surface area contributed by atoms with Crippen LogP contribution in [0.25, 0.3) is 0 Å². The third kappa shape index (κ3) is 2.69. The molecule has 0 atom stereocenters. The molecule has 0 fully saturated rings. The number of carbonyl (C=O) groups excluding carboxylic acids is 2. The summed E-state index contributed by atoms with van der Waals surface area (Å²) >= 11 is 0. The van der Waals surface area contributed by atoms with Crippen molar-refractivity contribution >= 4 is 23.3 Å². The number of nitrogens with one attached hydrogen (secondary N) is 1. The highest BCUT2D eigenvalue weighted by molar-refractivity contribution is 6.04. The molecule has 0 radical (unpaired) electrons. The number of benzene rings is 1. The van der Waals surface area contributed by atoms with Gasteiger partial charge in [-0.15, -0.1) is 0 Å². The third-order valence-corrected chi connectivity index (χ3v) is 3.45. The highest BCUT2D eigenvalue weighted by Gasteiger charge is 2.28. The minimum Gasteiger partial charge on any atom is -0.360 e. The number of nitrogens with zero attached hydrogens (tertiary/aromatic N) is 2. The molecule has 114 valence electrons. The number of fused-ring (bicyclic) bond motifs is 1. The molecule has 7 heteroatoms. The standard InChI is InChI=1S/C15H14FN3O3/c1-9-7-12(18-22-9)17-13(20)8-19-14(21)6-5-10-3-2-4-11(16)15(10)19/h2-4,7H,5-6,8H2,1H3,(H,17,18,20). The van der Waals surface area contributed by atoms with Crippen LogP contribution in [0.4, 0.5) is 15.9 Å².